The van der Waals surface area contributed by atoms with Crippen molar-refractivity contribution >= 4 is 46.6 Å². The number of hydrogen-bond acceptors (Lipinski definition) is 5. The molecule has 0 radical (unpaired) electrons. The molecule has 2 N–H and O–H groups in total. The number of hydrogen-bond donors (Lipinski definition) is 2. The van der Waals surface area contributed by atoms with Crippen LogP contribution in [0.2, 0.25) is 5.02 Å². The Labute approximate surface area is 171 Å². The van der Waals surface area contributed by atoms with Gasteiger partial charge in [-0.05, 0) is 30.3 Å². The van der Waals surface area contributed by atoms with Gasteiger partial charge in [0.05, 0.1) is 31.7 Å². The standard InChI is InChI=1S/C17H13ClF3N3O4S/c1-22-16(26)11-7-10(3-4-12(11)18)23-15(25)8-29-14-5-2-9(17(19,20)21)6-13(14)24(27)28/h2-7H,8H2,1H3,(H,22,26)(H,23,25). The van der Waals surface area contributed by atoms with Gasteiger partial charge in [-0.2, -0.15) is 13.2 Å². The normalized spacial score (nSPS) is 11.1. The summed E-state index contributed by atoms with van der Waals surface area (Å²) in [5.41, 5.74) is -1.49. The Morgan fingerprint density at radius 1 is 1.21 bits per heavy atom. The van der Waals surface area contributed by atoms with Crippen molar-refractivity contribution in [2.75, 3.05) is 18.1 Å². The number of halogens is 4. The molecule has 0 saturated heterocycles. The average Bonchev–Trinajstić information content (AvgIpc) is 2.66. The van der Waals surface area contributed by atoms with Gasteiger partial charge in [0.15, 0.2) is 0 Å². The molecular weight excluding hydrogens is 435 g/mol. The van der Waals surface area contributed by atoms with Crippen LogP contribution < -0.4 is 10.6 Å². The first-order chi connectivity index (χ1) is 13.5. The minimum absolute atomic E-state index is 0.0831. The molecule has 0 aliphatic heterocycles. The minimum atomic E-state index is -4.72. The van der Waals surface area contributed by atoms with E-state index in [4.69, 9.17) is 11.6 Å². The molecule has 0 aromatic heterocycles. The third-order valence-corrected chi connectivity index (χ3v) is 4.96. The topological polar surface area (TPSA) is 101 Å². The molecule has 0 unspecified atom stereocenters. The number of alkyl halides is 3. The van der Waals surface area contributed by atoms with Crippen molar-refractivity contribution in [3.63, 3.8) is 0 Å². The van der Waals surface area contributed by atoms with E-state index < -0.39 is 34.2 Å². The van der Waals surface area contributed by atoms with E-state index in [0.717, 1.165) is 6.07 Å². The number of nitrogens with one attached hydrogen (secondary N) is 2. The van der Waals surface area contributed by atoms with Gasteiger partial charge in [0.2, 0.25) is 5.91 Å². The molecule has 7 nitrogen and oxygen atoms in total. The van der Waals surface area contributed by atoms with Crippen molar-refractivity contribution in [1.82, 2.24) is 5.32 Å². The Morgan fingerprint density at radius 2 is 1.90 bits per heavy atom. The Bertz CT molecular complexity index is 969. The molecular formula is C17H13ClF3N3O4S. The molecule has 0 aliphatic rings. The molecule has 0 saturated carbocycles. The molecule has 0 heterocycles. The number of nitro groups is 1. The number of amides is 2. The molecule has 2 aromatic rings. The second-order valence-electron chi connectivity index (χ2n) is 5.55. The van der Waals surface area contributed by atoms with Crippen LogP contribution in [0.5, 0.6) is 0 Å². The summed E-state index contributed by atoms with van der Waals surface area (Å²) in [5, 5.41) is 16.1. The van der Waals surface area contributed by atoms with Crippen molar-refractivity contribution in [2.24, 2.45) is 0 Å². The molecule has 0 spiro atoms. The summed E-state index contributed by atoms with van der Waals surface area (Å²) < 4.78 is 38.2. The summed E-state index contributed by atoms with van der Waals surface area (Å²) in [6.07, 6.45) is -4.72. The molecule has 0 atom stereocenters. The van der Waals surface area contributed by atoms with E-state index >= 15 is 0 Å². The zero-order chi connectivity index (χ0) is 21.8. The van der Waals surface area contributed by atoms with E-state index in [0.29, 0.717) is 23.9 Å². The van der Waals surface area contributed by atoms with Crippen LogP contribution in [0.1, 0.15) is 15.9 Å². The van der Waals surface area contributed by atoms with Gasteiger partial charge in [-0.1, -0.05) is 11.6 Å². The van der Waals surface area contributed by atoms with Crippen LogP contribution in [-0.2, 0) is 11.0 Å². The molecule has 12 heteroatoms. The largest absolute Gasteiger partial charge is 0.416 e. The molecule has 2 rings (SSSR count). The van der Waals surface area contributed by atoms with Crippen LogP contribution in [0, 0.1) is 10.1 Å². The number of benzene rings is 2. The first-order valence-electron chi connectivity index (χ1n) is 7.83. The maximum atomic E-state index is 12.7. The lowest BCUT2D eigenvalue weighted by Gasteiger charge is -2.10. The quantitative estimate of drug-likeness (QED) is 0.389. The molecule has 154 valence electrons. The average molecular weight is 448 g/mol. The number of carbonyl (C=O) groups is 2. The lowest BCUT2D eigenvalue weighted by atomic mass is 10.2. The van der Waals surface area contributed by atoms with Crippen LogP contribution in [-0.4, -0.2) is 29.5 Å². The van der Waals surface area contributed by atoms with E-state index in [9.17, 15) is 32.9 Å². The molecule has 0 aliphatic carbocycles. The van der Waals surface area contributed by atoms with Crippen LogP contribution in [0.3, 0.4) is 0 Å². The molecule has 2 aromatic carbocycles. The monoisotopic (exact) mass is 447 g/mol. The summed E-state index contributed by atoms with van der Waals surface area (Å²) in [5.74, 6) is -1.33. The number of thioether (sulfide) groups is 1. The van der Waals surface area contributed by atoms with Crippen LogP contribution in [0.15, 0.2) is 41.3 Å². The van der Waals surface area contributed by atoms with Gasteiger partial charge in [-0.15, -0.1) is 11.8 Å². The highest BCUT2D eigenvalue weighted by Crippen LogP contribution is 2.36. The van der Waals surface area contributed by atoms with Gasteiger partial charge in [0.1, 0.15) is 0 Å². The zero-order valence-corrected chi connectivity index (χ0v) is 16.2. The van der Waals surface area contributed by atoms with Gasteiger partial charge >= 0.3 is 6.18 Å². The zero-order valence-electron chi connectivity index (χ0n) is 14.7. The maximum Gasteiger partial charge on any atom is 0.416 e. The predicted molar refractivity (Wildman–Crippen MR) is 102 cm³/mol. The molecule has 29 heavy (non-hydrogen) atoms. The lowest BCUT2D eigenvalue weighted by molar-refractivity contribution is -0.388. The van der Waals surface area contributed by atoms with Crippen LogP contribution in [0.25, 0.3) is 0 Å². The molecule has 0 bridgehead atoms. The molecule has 2 amide bonds. The Morgan fingerprint density at radius 3 is 2.48 bits per heavy atom. The van der Waals surface area contributed by atoms with Crippen molar-refractivity contribution in [3.8, 4) is 0 Å². The fourth-order valence-corrected chi connectivity index (χ4v) is 3.22. The summed E-state index contributed by atoms with van der Waals surface area (Å²) in [6, 6.07) is 6.31. The van der Waals surface area contributed by atoms with Crippen molar-refractivity contribution in [2.45, 2.75) is 11.1 Å². The van der Waals surface area contributed by atoms with Gasteiger partial charge in [0.25, 0.3) is 11.6 Å². The van der Waals surface area contributed by atoms with E-state index in [1.165, 1.54) is 25.2 Å². The van der Waals surface area contributed by atoms with Gasteiger partial charge in [-0.25, -0.2) is 0 Å². The summed E-state index contributed by atoms with van der Waals surface area (Å²) in [6.45, 7) is 0. The number of anilines is 1. The highest BCUT2D eigenvalue weighted by atomic mass is 35.5. The van der Waals surface area contributed by atoms with E-state index in [1.54, 1.807) is 0 Å². The smallest absolute Gasteiger partial charge is 0.355 e. The Hall–Kier alpha value is -2.79. The second kappa shape index (κ2) is 9.14. The van der Waals surface area contributed by atoms with Gasteiger partial charge < -0.3 is 10.6 Å². The Balaban J connectivity index is 2.12. The summed E-state index contributed by atoms with van der Waals surface area (Å²) in [7, 11) is 1.41. The van der Waals surface area contributed by atoms with Crippen molar-refractivity contribution in [3.05, 3.63) is 62.7 Å². The lowest BCUT2D eigenvalue weighted by Crippen LogP contribution is -2.19. The number of rotatable bonds is 6. The fourth-order valence-electron chi connectivity index (χ4n) is 2.21. The van der Waals surface area contributed by atoms with E-state index in [2.05, 4.69) is 10.6 Å². The van der Waals surface area contributed by atoms with Crippen molar-refractivity contribution in [1.29, 1.82) is 0 Å². The Kier molecular flexibility index (Phi) is 7.09. The van der Waals surface area contributed by atoms with E-state index in [-0.39, 0.29) is 26.9 Å². The highest BCUT2D eigenvalue weighted by Gasteiger charge is 2.33. The maximum absolute atomic E-state index is 12.7. The number of nitrogens with zero attached hydrogens (tertiary/aromatic N) is 1. The SMILES string of the molecule is CNC(=O)c1cc(NC(=O)CSc2ccc(C(F)(F)F)cc2[N+](=O)[O-])ccc1Cl. The fraction of sp³-hybridized carbons (Fsp3) is 0.176. The third-order valence-electron chi connectivity index (χ3n) is 3.56. The minimum Gasteiger partial charge on any atom is -0.355 e. The third kappa shape index (κ3) is 5.84. The summed E-state index contributed by atoms with van der Waals surface area (Å²) >= 11 is 6.63. The van der Waals surface area contributed by atoms with Gasteiger partial charge in [0, 0.05) is 18.8 Å². The van der Waals surface area contributed by atoms with Crippen LogP contribution in [0.4, 0.5) is 24.5 Å². The number of carbonyl (C=O) groups excluding carboxylic acids is 2. The highest BCUT2D eigenvalue weighted by molar-refractivity contribution is 8.00. The van der Waals surface area contributed by atoms with E-state index in [1.807, 2.05) is 0 Å². The predicted octanol–water partition coefficient (Wildman–Crippen LogP) is 4.36. The van der Waals surface area contributed by atoms with Crippen molar-refractivity contribution < 1.29 is 27.7 Å². The van der Waals surface area contributed by atoms with Gasteiger partial charge in [-0.3, -0.25) is 19.7 Å². The first kappa shape index (κ1) is 22.5. The number of nitro benzene ring substituents is 1. The summed E-state index contributed by atoms with van der Waals surface area (Å²) in [4.78, 5) is 33.9. The molecule has 0 fully saturated rings. The second-order valence-corrected chi connectivity index (χ2v) is 6.97. The van der Waals surface area contributed by atoms with Crippen LogP contribution >= 0.6 is 23.4 Å². The first-order valence-corrected chi connectivity index (χ1v) is 9.19.